The largest absolute Gasteiger partial charge is 0.384 e. The number of aromatic nitrogens is 3. The summed E-state index contributed by atoms with van der Waals surface area (Å²) in [7, 11) is 0. The first-order valence-corrected chi connectivity index (χ1v) is 8.22. The van der Waals surface area contributed by atoms with Gasteiger partial charge in [0.25, 0.3) is 5.91 Å². The fourth-order valence-electron chi connectivity index (χ4n) is 2.15. The molecule has 122 valence electrons. The van der Waals surface area contributed by atoms with Gasteiger partial charge in [0.2, 0.25) is 0 Å². The summed E-state index contributed by atoms with van der Waals surface area (Å²) in [5.41, 5.74) is 0.506. The number of thiazole rings is 1. The van der Waals surface area contributed by atoms with E-state index in [2.05, 4.69) is 20.3 Å². The lowest BCUT2D eigenvalue weighted by molar-refractivity contribution is 0.0525. The van der Waals surface area contributed by atoms with E-state index in [-0.39, 0.29) is 12.5 Å². The van der Waals surface area contributed by atoms with Crippen LogP contribution in [0.4, 0.5) is 0 Å². The Labute approximate surface area is 143 Å². The molecule has 0 saturated carbocycles. The summed E-state index contributed by atoms with van der Waals surface area (Å²) >= 11 is 1.32. The average molecular weight is 340 g/mol. The van der Waals surface area contributed by atoms with Crippen molar-refractivity contribution < 1.29 is 9.90 Å². The first-order chi connectivity index (χ1) is 11.6. The molecule has 1 amide bonds. The van der Waals surface area contributed by atoms with Crippen molar-refractivity contribution >= 4 is 17.2 Å². The van der Waals surface area contributed by atoms with Gasteiger partial charge in [0, 0.05) is 17.8 Å². The van der Waals surface area contributed by atoms with Crippen molar-refractivity contribution in [2.24, 2.45) is 0 Å². The topological polar surface area (TPSA) is 88.0 Å². The number of benzene rings is 1. The van der Waals surface area contributed by atoms with Gasteiger partial charge in [-0.05, 0) is 12.5 Å². The molecule has 1 aromatic carbocycles. The van der Waals surface area contributed by atoms with Crippen molar-refractivity contribution in [2.45, 2.75) is 12.5 Å². The number of aliphatic hydroxyl groups is 1. The Morgan fingerprint density at radius 3 is 2.79 bits per heavy atom. The summed E-state index contributed by atoms with van der Waals surface area (Å²) in [6.07, 6.45) is 4.75. The minimum atomic E-state index is -1.15. The maximum atomic E-state index is 12.3. The molecule has 6 nitrogen and oxygen atoms in total. The highest BCUT2D eigenvalue weighted by Crippen LogP contribution is 2.22. The van der Waals surface area contributed by atoms with Crippen LogP contribution in [0.25, 0.3) is 10.7 Å². The van der Waals surface area contributed by atoms with Crippen molar-refractivity contribution in [1.29, 1.82) is 0 Å². The maximum Gasteiger partial charge on any atom is 0.270 e. The van der Waals surface area contributed by atoms with Gasteiger partial charge in [-0.1, -0.05) is 30.3 Å². The first-order valence-electron chi connectivity index (χ1n) is 7.34. The lowest BCUT2D eigenvalue weighted by Crippen LogP contribution is -2.38. The first kappa shape index (κ1) is 16.2. The molecule has 24 heavy (non-hydrogen) atoms. The van der Waals surface area contributed by atoms with Crippen LogP contribution in [0.2, 0.25) is 0 Å². The van der Waals surface area contributed by atoms with E-state index in [4.69, 9.17) is 0 Å². The molecule has 0 bridgehead atoms. The van der Waals surface area contributed by atoms with E-state index >= 15 is 0 Å². The molecule has 1 unspecified atom stereocenters. The molecule has 2 aromatic heterocycles. The minimum absolute atomic E-state index is 0.0911. The number of carbonyl (C=O) groups excluding carboxylic acids is 1. The van der Waals surface area contributed by atoms with E-state index in [0.717, 1.165) is 5.56 Å². The second-order valence-corrected chi connectivity index (χ2v) is 6.31. The Morgan fingerprint density at radius 1 is 1.29 bits per heavy atom. The highest BCUT2D eigenvalue weighted by atomic mass is 32.1. The third kappa shape index (κ3) is 3.64. The van der Waals surface area contributed by atoms with Crippen LogP contribution >= 0.6 is 11.3 Å². The van der Waals surface area contributed by atoms with Crippen molar-refractivity contribution in [3.8, 4) is 10.7 Å². The predicted molar refractivity (Wildman–Crippen MR) is 91.5 cm³/mol. The summed E-state index contributed by atoms with van der Waals surface area (Å²) in [6, 6.07) is 9.21. The molecule has 2 N–H and O–H groups in total. The standard InChI is InChI=1S/C17H16N4O2S/c1-17(23,12-5-3-2-4-6-12)11-20-15(22)14-10-24-16(21-14)13-9-18-7-8-19-13/h2-10,23H,11H2,1H3,(H,20,22). The SMILES string of the molecule is CC(O)(CNC(=O)c1csc(-c2cnccn2)n1)c1ccccc1. The molecule has 0 aliphatic heterocycles. The molecule has 7 heteroatoms. The molecule has 1 atom stereocenters. The number of nitrogens with zero attached hydrogens (tertiary/aromatic N) is 3. The zero-order valence-electron chi connectivity index (χ0n) is 13.0. The normalized spacial score (nSPS) is 13.2. The number of hydrogen-bond acceptors (Lipinski definition) is 6. The van der Waals surface area contributed by atoms with E-state index in [1.807, 2.05) is 30.3 Å². The molecule has 0 spiro atoms. The fraction of sp³-hybridized carbons (Fsp3) is 0.176. The zero-order chi connectivity index (χ0) is 17.0. The van der Waals surface area contributed by atoms with Crippen LogP contribution in [0.15, 0.2) is 54.3 Å². The molecule has 0 radical (unpaired) electrons. The Bertz CT molecular complexity index is 819. The Balaban J connectivity index is 1.67. The molecule has 0 fully saturated rings. The predicted octanol–water partition coefficient (Wildman–Crippen LogP) is 2.24. The van der Waals surface area contributed by atoms with Crippen molar-refractivity contribution in [3.63, 3.8) is 0 Å². The minimum Gasteiger partial charge on any atom is -0.384 e. The third-order valence-corrected chi connectivity index (χ3v) is 4.37. The Kier molecular flexibility index (Phi) is 4.64. The van der Waals surface area contributed by atoms with Crippen molar-refractivity contribution in [3.05, 3.63) is 65.6 Å². The molecule has 0 aliphatic rings. The molecule has 2 heterocycles. The lowest BCUT2D eigenvalue weighted by Gasteiger charge is -2.24. The molecule has 0 aliphatic carbocycles. The molecular formula is C17H16N4O2S. The Hall–Kier alpha value is -2.64. The van der Waals surface area contributed by atoms with Crippen LogP contribution in [0.3, 0.4) is 0 Å². The van der Waals surface area contributed by atoms with E-state index in [1.54, 1.807) is 30.9 Å². The lowest BCUT2D eigenvalue weighted by atomic mass is 9.96. The summed E-state index contributed by atoms with van der Waals surface area (Å²) in [5.74, 6) is -0.336. The summed E-state index contributed by atoms with van der Waals surface area (Å²) < 4.78 is 0. The monoisotopic (exact) mass is 340 g/mol. The second-order valence-electron chi connectivity index (χ2n) is 5.45. The van der Waals surface area contributed by atoms with Gasteiger partial charge in [-0.3, -0.25) is 14.8 Å². The van der Waals surface area contributed by atoms with Crippen LogP contribution < -0.4 is 5.32 Å². The van der Waals surface area contributed by atoms with Gasteiger partial charge in [-0.25, -0.2) is 4.98 Å². The highest BCUT2D eigenvalue weighted by Gasteiger charge is 2.24. The zero-order valence-corrected chi connectivity index (χ0v) is 13.8. The van der Waals surface area contributed by atoms with Gasteiger partial charge >= 0.3 is 0 Å². The number of nitrogens with one attached hydrogen (secondary N) is 1. The second kappa shape index (κ2) is 6.86. The van der Waals surface area contributed by atoms with Crippen molar-refractivity contribution in [2.75, 3.05) is 6.54 Å². The van der Waals surface area contributed by atoms with Crippen LogP contribution in [0.5, 0.6) is 0 Å². The highest BCUT2D eigenvalue weighted by molar-refractivity contribution is 7.13. The molecule has 3 aromatic rings. The Morgan fingerprint density at radius 2 is 2.08 bits per heavy atom. The fourth-order valence-corrected chi connectivity index (χ4v) is 2.91. The molecule has 3 rings (SSSR count). The van der Waals surface area contributed by atoms with Gasteiger partial charge < -0.3 is 10.4 Å². The van der Waals surface area contributed by atoms with Crippen LogP contribution in [-0.2, 0) is 5.60 Å². The average Bonchev–Trinajstić information content (AvgIpc) is 3.11. The number of hydrogen-bond donors (Lipinski definition) is 2. The quantitative estimate of drug-likeness (QED) is 0.744. The number of rotatable bonds is 5. The summed E-state index contributed by atoms with van der Waals surface area (Å²) in [4.78, 5) is 24.7. The van der Waals surface area contributed by atoms with Gasteiger partial charge in [0.05, 0.1) is 12.7 Å². The van der Waals surface area contributed by atoms with Gasteiger partial charge in [-0.15, -0.1) is 11.3 Å². The number of carbonyl (C=O) groups is 1. The molecular weight excluding hydrogens is 324 g/mol. The summed E-state index contributed by atoms with van der Waals surface area (Å²) in [5, 5.41) is 15.5. The van der Waals surface area contributed by atoms with E-state index < -0.39 is 5.60 Å². The third-order valence-electron chi connectivity index (χ3n) is 3.51. The van der Waals surface area contributed by atoms with E-state index in [9.17, 15) is 9.90 Å². The van der Waals surface area contributed by atoms with Crippen LogP contribution in [-0.4, -0.2) is 32.5 Å². The van der Waals surface area contributed by atoms with Gasteiger partial charge in [0.1, 0.15) is 22.0 Å². The maximum absolute atomic E-state index is 12.3. The van der Waals surface area contributed by atoms with Crippen molar-refractivity contribution in [1.82, 2.24) is 20.3 Å². The van der Waals surface area contributed by atoms with Crippen LogP contribution in [0, 0.1) is 0 Å². The van der Waals surface area contributed by atoms with E-state index in [0.29, 0.717) is 16.4 Å². The van der Waals surface area contributed by atoms with E-state index in [1.165, 1.54) is 11.3 Å². The van der Waals surface area contributed by atoms with Gasteiger partial charge in [-0.2, -0.15) is 0 Å². The summed E-state index contributed by atoms with van der Waals surface area (Å²) in [6.45, 7) is 1.75. The molecule has 0 saturated heterocycles. The van der Waals surface area contributed by atoms with Gasteiger partial charge in [0.15, 0.2) is 0 Å². The number of amides is 1. The smallest absolute Gasteiger partial charge is 0.270 e. The van der Waals surface area contributed by atoms with Crippen LogP contribution in [0.1, 0.15) is 23.0 Å².